The lowest BCUT2D eigenvalue weighted by Gasteiger charge is -1.98. The number of halogens is 1. The predicted octanol–water partition coefficient (Wildman–Crippen LogP) is 4.34. The first-order valence-corrected chi connectivity index (χ1v) is 8.67. The van der Waals surface area contributed by atoms with Gasteiger partial charge in [-0.2, -0.15) is 0 Å². The van der Waals surface area contributed by atoms with Gasteiger partial charge >= 0.3 is 0 Å². The topological polar surface area (TPSA) is 54.6 Å². The molecule has 112 valence electrons. The molecule has 4 nitrogen and oxygen atoms in total. The van der Waals surface area contributed by atoms with Gasteiger partial charge in [0.15, 0.2) is 8.93 Å². The molecule has 2 aromatic rings. The van der Waals surface area contributed by atoms with Crippen molar-refractivity contribution in [1.29, 1.82) is 0 Å². The lowest BCUT2D eigenvalue weighted by Crippen LogP contribution is -2.19. The van der Waals surface area contributed by atoms with E-state index in [4.69, 9.17) is 4.42 Å². The third-order valence-electron chi connectivity index (χ3n) is 3.09. The number of thioether (sulfide) groups is 1. The van der Waals surface area contributed by atoms with E-state index < -0.39 is 0 Å². The summed E-state index contributed by atoms with van der Waals surface area (Å²) < 4.78 is 6.24. The monoisotopic (exact) mass is 424 g/mol. The zero-order valence-corrected chi connectivity index (χ0v) is 14.8. The van der Waals surface area contributed by atoms with Crippen LogP contribution in [0.2, 0.25) is 0 Å². The summed E-state index contributed by atoms with van der Waals surface area (Å²) in [6.07, 6.45) is 2.72. The summed E-state index contributed by atoms with van der Waals surface area (Å²) in [7, 11) is 0. The predicted molar refractivity (Wildman–Crippen MR) is 98.1 cm³/mol. The van der Waals surface area contributed by atoms with Gasteiger partial charge in [0.25, 0.3) is 5.91 Å². The van der Waals surface area contributed by atoms with Gasteiger partial charge in [0.1, 0.15) is 5.76 Å². The van der Waals surface area contributed by atoms with Gasteiger partial charge in [0, 0.05) is 6.08 Å². The number of carbonyl (C=O) groups excluding carboxylic acids is 1. The van der Waals surface area contributed by atoms with Crippen molar-refractivity contribution >= 4 is 57.2 Å². The first kappa shape index (κ1) is 15.4. The lowest BCUT2D eigenvalue weighted by atomic mass is 10.2. The van der Waals surface area contributed by atoms with Crippen molar-refractivity contribution in [3.8, 4) is 0 Å². The second-order valence-corrected chi connectivity index (χ2v) is 6.74. The van der Waals surface area contributed by atoms with Crippen LogP contribution in [0.25, 0.3) is 6.08 Å². The maximum atomic E-state index is 12.0. The van der Waals surface area contributed by atoms with Crippen LogP contribution >= 0.6 is 34.4 Å². The third kappa shape index (κ3) is 3.61. The molecule has 1 saturated heterocycles. The molecule has 6 heteroatoms. The number of aryl methyl sites for hydroxylation is 1. The number of hydrogen-bond acceptors (Lipinski definition) is 4. The van der Waals surface area contributed by atoms with E-state index in [1.54, 1.807) is 6.08 Å². The fourth-order valence-electron chi connectivity index (χ4n) is 1.94. The van der Waals surface area contributed by atoms with Gasteiger partial charge in [0.2, 0.25) is 0 Å². The minimum absolute atomic E-state index is 0.152. The molecule has 0 spiro atoms. The van der Waals surface area contributed by atoms with Crippen LogP contribution in [0.5, 0.6) is 0 Å². The van der Waals surface area contributed by atoms with Gasteiger partial charge in [0.05, 0.1) is 10.6 Å². The molecule has 1 aromatic carbocycles. The summed E-state index contributed by atoms with van der Waals surface area (Å²) in [5.41, 5.74) is 2.09. The Hall–Kier alpha value is -1.54. The molecule has 3 rings (SSSR count). The van der Waals surface area contributed by atoms with Crippen LogP contribution in [-0.2, 0) is 11.2 Å². The molecule has 1 N–H and O–H groups in total. The summed E-state index contributed by atoms with van der Waals surface area (Å²) in [6, 6.07) is 11.7. The van der Waals surface area contributed by atoms with E-state index >= 15 is 0 Å². The van der Waals surface area contributed by atoms with E-state index in [1.165, 1.54) is 17.3 Å². The maximum absolute atomic E-state index is 12.0. The lowest BCUT2D eigenvalue weighted by molar-refractivity contribution is -0.115. The van der Waals surface area contributed by atoms with Crippen molar-refractivity contribution in [3.05, 3.63) is 56.4 Å². The molecule has 0 unspecified atom stereocenters. The van der Waals surface area contributed by atoms with E-state index in [9.17, 15) is 4.79 Å². The number of furan rings is 1. The average Bonchev–Trinajstić information content (AvgIpc) is 3.06. The molecule has 0 aliphatic carbocycles. The van der Waals surface area contributed by atoms with Crippen molar-refractivity contribution in [2.24, 2.45) is 4.99 Å². The number of benzene rings is 1. The molecule has 0 bridgehead atoms. The standard InChI is InChI=1S/C16H13IN2O2S/c1-2-10-3-5-11(6-4-10)18-16-19-15(20)13(22-16)9-12-7-8-14(17)21-12/h3-9H,2H2,1H3,(H,18,19,20)/b13-9-. The van der Waals surface area contributed by atoms with Crippen LogP contribution in [0.4, 0.5) is 5.69 Å². The first-order chi connectivity index (χ1) is 10.6. The molecule has 1 aliphatic heterocycles. The van der Waals surface area contributed by atoms with Crippen LogP contribution in [0, 0.1) is 3.77 Å². The molecule has 1 aromatic heterocycles. The van der Waals surface area contributed by atoms with Crippen molar-refractivity contribution in [2.45, 2.75) is 13.3 Å². The molecule has 22 heavy (non-hydrogen) atoms. The van der Waals surface area contributed by atoms with Crippen LogP contribution < -0.4 is 5.32 Å². The Morgan fingerprint density at radius 1 is 1.27 bits per heavy atom. The van der Waals surface area contributed by atoms with Gasteiger partial charge in [-0.15, -0.1) is 0 Å². The molecule has 0 atom stereocenters. The van der Waals surface area contributed by atoms with Gasteiger partial charge in [-0.1, -0.05) is 19.1 Å². The van der Waals surface area contributed by atoms with E-state index in [2.05, 4.69) is 39.8 Å². The molecule has 1 fully saturated rings. The summed E-state index contributed by atoms with van der Waals surface area (Å²) in [6.45, 7) is 2.11. The minimum atomic E-state index is -0.152. The summed E-state index contributed by atoms with van der Waals surface area (Å²) >= 11 is 3.41. The first-order valence-electron chi connectivity index (χ1n) is 6.78. The number of amides is 1. The SMILES string of the molecule is CCc1ccc(N=C2NC(=O)/C(=C/c3ccc(I)o3)S2)cc1. The maximum Gasteiger partial charge on any atom is 0.264 e. The number of carbonyl (C=O) groups is 1. The Balaban J connectivity index is 1.78. The van der Waals surface area contributed by atoms with Gasteiger partial charge in [-0.05, 0) is 70.6 Å². The van der Waals surface area contributed by atoms with Gasteiger partial charge < -0.3 is 9.73 Å². The van der Waals surface area contributed by atoms with Crippen molar-refractivity contribution < 1.29 is 9.21 Å². The average molecular weight is 424 g/mol. The van der Waals surface area contributed by atoms with E-state index in [0.29, 0.717) is 15.8 Å². The normalized spacial score (nSPS) is 18.2. The third-order valence-corrected chi connectivity index (χ3v) is 4.58. The highest BCUT2D eigenvalue weighted by Gasteiger charge is 2.24. The van der Waals surface area contributed by atoms with Crippen molar-refractivity contribution in [3.63, 3.8) is 0 Å². The van der Waals surface area contributed by atoms with Crippen LogP contribution in [0.3, 0.4) is 0 Å². The van der Waals surface area contributed by atoms with Gasteiger partial charge in [-0.25, -0.2) is 4.99 Å². The summed E-state index contributed by atoms with van der Waals surface area (Å²) in [5, 5.41) is 3.36. The Morgan fingerprint density at radius 2 is 2.05 bits per heavy atom. The zero-order valence-electron chi connectivity index (χ0n) is 11.8. The number of hydrogen-bond donors (Lipinski definition) is 1. The Morgan fingerprint density at radius 3 is 2.68 bits per heavy atom. The highest BCUT2D eigenvalue weighted by Crippen LogP contribution is 2.28. The molecule has 1 aliphatic rings. The molecule has 0 radical (unpaired) electrons. The van der Waals surface area contributed by atoms with Crippen molar-refractivity contribution in [2.75, 3.05) is 0 Å². The highest BCUT2D eigenvalue weighted by molar-refractivity contribution is 14.1. The Bertz CT molecular complexity index is 763. The van der Waals surface area contributed by atoms with E-state index in [0.717, 1.165) is 15.9 Å². The number of amidine groups is 1. The fourth-order valence-corrected chi connectivity index (χ4v) is 3.19. The van der Waals surface area contributed by atoms with Crippen LogP contribution in [0.1, 0.15) is 18.2 Å². The number of nitrogens with one attached hydrogen (secondary N) is 1. The summed E-state index contributed by atoms with van der Waals surface area (Å²) in [4.78, 5) is 17.0. The molecular formula is C16H13IN2O2S. The smallest absolute Gasteiger partial charge is 0.264 e. The molecule has 1 amide bonds. The summed E-state index contributed by atoms with van der Waals surface area (Å²) in [5.74, 6) is 0.510. The second kappa shape index (κ2) is 6.70. The van der Waals surface area contributed by atoms with Crippen molar-refractivity contribution in [1.82, 2.24) is 5.32 Å². The minimum Gasteiger partial charge on any atom is -0.451 e. The second-order valence-electron chi connectivity index (χ2n) is 4.64. The largest absolute Gasteiger partial charge is 0.451 e. The van der Waals surface area contributed by atoms with Gasteiger partial charge in [-0.3, -0.25) is 4.79 Å². The highest BCUT2D eigenvalue weighted by atomic mass is 127. The number of nitrogens with zero attached hydrogens (tertiary/aromatic N) is 1. The van der Waals surface area contributed by atoms with Crippen LogP contribution in [0.15, 0.2) is 50.7 Å². The Labute approximate surface area is 146 Å². The molecule has 0 saturated carbocycles. The van der Waals surface area contributed by atoms with E-state index in [1.807, 2.05) is 36.4 Å². The molecular weight excluding hydrogens is 411 g/mol. The number of aliphatic imine (C=N–C) groups is 1. The van der Waals surface area contributed by atoms with Crippen LogP contribution in [-0.4, -0.2) is 11.1 Å². The zero-order chi connectivity index (χ0) is 15.5. The Kier molecular flexibility index (Phi) is 4.68. The number of rotatable bonds is 3. The van der Waals surface area contributed by atoms with E-state index in [-0.39, 0.29) is 5.91 Å². The fraction of sp³-hybridized carbons (Fsp3) is 0.125. The molecule has 2 heterocycles. The quantitative estimate of drug-likeness (QED) is 0.589.